The number of esters is 1. The highest BCUT2D eigenvalue weighted by Crippen LogP contribution is 2.23. The summed E-state index contributed by atoms with van der Waals surface area (Å²) in [5.74, 6) is -0.223. The van der Waals surface area contributed by atoms with Crippen LogP contribution in [0.4, 0.5) is 0 Å². The first-order chi connectivity index (χ1) is 6.24. The van der Waals surface area contributed by atoms with Crippen LogP contribution >= 0.6 is 0 Å². The lowest BCUT2D eigenvalue weighted by Crippen LogP contribution is -2.04. The molecule has 2 rings (SSSR count). The number of nitrogens with zero attached hydrogens (tertiary/aromatic N) is 1. The quantitative estimate of drug-likeness (QED) is 0.612. The van der Waals surface area contributed by atoms with E-state index >= 15 is 0 Å². The summed E-state index contributed by atoms with van der Waals surface area (Å²) in [5, 5.41) is 0. The van der Waals surface area contributed by atoms with Crippen LogP contribution in [0, 0.1) is 6.92 Å². The molecule has 0 amide bonds. The minimum atomic E-state index is -0.223. The van der Waals surface area contributed by atoms with Crippen molar-refractivity contribution < 1.29 is 9.53 Å². The van der Waals surface area contributed by atoms with Crippen LogP contribution in [0.15, 0.2) is 6.07 Å². The van der Waals surface area contributed by atoms with Crippen molar-refractivity contribution in [2.24, 2.45) is 0 Å². The number of carbonyl (C=O) groups excluding carboxylic acids is 1. The average molecular weight is 179 g/mol. The highest BCUT2D eigenvalue weighted by Gasteiger charge is 2.20. The molecule has 0 bridgehead atoms. The van der Waals surface area contributed by atoms with Crippen molar-refractivity contribution in [3.63, 3.8) is 0 Å². The highest BCUT2D eigenvalue weighted by atomic mass is 16.5. The van der Waals surface area contributed by atoms with Crippen molar-refractivity contribution in [1.82, 2.24) is 4.57 Å². The highest BCUT2D eigenvalue weighted by molar-refractivity contribution is 5.91. The van der Waals surface area contributed by atoms with E-state index in [1.54, 1.807) is 0 Å². The van der Waals surface area contributed by atoms with Gasteiger partial charge in [0.05, 0.1) is 12.7 Å². The summed E-state index contributed by atoms with van der Waals surface area (Å²) in [7, 11) is 1.42. The fourth-order valence-electron chi connectivity index (χ4n) is 1.96. The minimum absolute atomic E-state index is 0.223. The maximum atomic E-state index is 11.3. The summed E-state index contributed by atoms with van der Waals surface area (Å²) in [4.78, 5) is 11.3. The zero-order valence-corrected chi connectivity index (χ0v) is 7.96. The predicted molar refractivity (Wildman–Crippen MR) is 48.8 cm³/mol. The second-order valence-corrected chi connectivity index (χ2v) is 3.38. The van der Waals surface area contributed by atoms with Crippen molar-refractivity contribution in [1.29, 1.82) is 0 Å². The molecule has 1 aliphatic heterocycles. The van der Waals surface area contributed by atoms with Crippen molar-refractivity contribution >= 4 is 5.97 Å². The molecular weight excluding hydrogens is 166 g/mol. The molecule has 0 saturated carbocycles. The van der Waals surface area contributed by atoms with E-state index in [-0.39, 0.29) is 5.97 Å². The van der Waals surface area contributed by atoms with Gasteiger partial charge in [-0.15, -0.1) is 0 Å². The number of fused-ring (bicyclic) bond motifs is 1. The lowest BCUT2D eigenvalue weighted by atomic mass is 10.2. The van der Waals surface area contributed by atoms with Crippen LogP contribution < -0.4 is 0 Å². The summed E-state index contributed by atoms with van der Waals surface area (Å²) < 4.78 is 6.90. The summed E-state index contributed by atoms with van der Waals surface area (Å²) in [6, 6.07) is 1.95. The Kier molecular flexibility index (Phi) is 1.87. The van der Waals surface area contributed by atoms with E-state index in [4.69, 9.17) is 4.74 Å². The van der Waals surface area contributed by atoms with Gasteiger partial charge >= 0.3 is 5.97 Å². The number of hydrogen-bond donors (Lipinski definition) is 0. The lowest BCUT2D eigenvalue weighted by molar-refractivity contribution is 0.0599. The van der Waals surface area contributed by atoms with Crippen LogP contribution in [0.25, 0.3) is 0 Å². The summed E-state index contributed by atoms with van der Waals surface area (Å²) in [6.07, 6.45) is 2.27. The summed E-state index contributed by atoms with van der Waals surface area (Å²) in [6.45, 7) is 3.01. The molecule has 0 spiro atoms. The Morgan fingerprint density at radius 3 is 3.00 bits per heavy atom. The van der Waals surface area contributed by atoms with Crippen molar-refractivity contribution in [3.8, 4) is 0 Å². The fraction of sp³-hybridized carbons (Fsp3) is 0.500. The molecule has 1 aromatic heterocycles. The van der Waals surface area contributed by atoms with Crippen LogP contribution in [0.2, 0.25) is 0 Å². The van der Waals surface area contributed by atoms with Gasteiger partial charge in [-0.3, -0.25) is 0 Å². The summed E-state index contributed by atoms with van der Waals surface area (Å²) >= 11 is 0. The first-order valence-corrected chi connectivity index (χ1v) is 4.51. The molecule has 0 aromatic carbocycles. The third-order valence-electron chi connectivity index (χ3n) is 2.67. The van der Waals surface area contributed by atoms with E-state index in [1.807, 2.05) is 13.0 Å². The number of carbonyl (C=O) groups is 1. The normalized spacial score (nSPS) is 14.3. The van der Waals surface area contributed by atoms with Gasteiger partial charge < -0.3 is 9.30 Å². The molecule has 0 N–H and O–H groups in total. The van der Waals surface area contributed by atoms with E-state index in [0.717, 1.165) is 24.2 Å². The molecule has 0 radical (unpaired) electrons. The standard InChI is InChI=1S/C10H13NO2/c1-7-9(10(12)13-2)6-8-4-3-5-11(7)8/h6H,3-5H2,1-2H3. The number of aryl methyl sites for hydroxylation is 1. The van der Waals surface area contributed by atoms with Crippen LogP contribution in [0.3, 0.4) is 0 Å². The first-order valence-electron chi connectivity index (χ1n) is 4.51. The second kappa shape index (κ2) is 2.91. The SMILES string of the molecule is COC(=O)c1cc2n(c1C)CCC2. The van der Waals surface area contributed by atoms with Gasteiger partial charge in [0.2, 0.25) is 0 Å². The fourth-order valence-corrected chi connectivity index (χ4v) is 1.96. The third-order valence-corrected chi connectivity index (χ3v) is 2.67. The van der Waals surface area contributed by atoms with Gasteiger partial charge in [0, 0.05) is 17.9 Å². The maximum Gasteiger partial charge on any atom is 0.339 e. The minimum Gasteiger partial charge on any atom is -0.465 e. The number of ether oxygens (including phenoxy) is 1. The van der Waals surface area contributed by atoms with E-state index in [0.29, 0.717) is 0 Å². The van der Waals surface area contributed by atoms with Gasteiger partial charge in [-0.1, -0.05) is 0 Å². The molecule has 1 aromatic rings. The van der Waals surface area contributed by atoms with Gasteiger partial charge in [0.1, 0.15) is 0 Å². The second-order valence-electron chi connectivity index (χ2n) is 3.38. The van der Waals surface area contributed by atoms with Gasteiger partial charge in [-0.05, 0) is 25.8 Å². The zero-order chi connectivity index (χ0) is 9.42. The number of aromatic nitrogens is 1. The largest absolute Gasteiger partial charge is 0.465 e. The Balaban J connectivity index is 2.44. The number of rotatable bonds is 1. The van der Waals surface area contributed by atoms with E-state index < -0.39 is 0 Å². The molecule has 0 aliphatic carbocycles. The number of hydrogen-bond acceptors (Lipinski definition) is 2. The molecule has 1 aliphatic rings. The molecule has 0 atom stereocenters. The van der Waals surface area contributed by atoms with Crippen LogP contribution in [-0.2, 0) is 17.7 Å². The Hall–Kier alpha value is -1.25. The molecule has 0 saturated heterocycles. The third kappa shape index (κ3) is 1.15. The van der Waals surface area contributed by atoms with E-state index in [1.165, 1.54) is 19.2 Å². The Morgan fingerprint density at radius 1 is 1.62 bits per heavy atom. The van der Waals surface area contributed by atoms with Crippen LogP contribution in [-0.4, -0.2) is 17.6 Å². The van der Waals surface area contributed by atoms with Crippen molar-refractivity contribution in [2.75, 3.05) is 7.11 Å². The molecule has 0 unspecified atom stereocenters. The van der Waals surface area contributed by atoms with Crippen molar-refractivity contribution in [2.45, 2.75) is 26.3 Å². The smallest absolute Gasteiger partial charge is 0.339 e. The molecular formula is C10H13NO2. The molecule has 13 heavy (non-hydrogen) atoms. The molecule has 70 valence electrons. The maximum absolute atomic E-state index is 11.3. The van der Waals surface area contributed by atoms with Crippen molar-refractivity contribution in [3.05, 3.63) is 23.0 Å². The van der Waals surface area contributed by atoms with Gasteiger partial charge in [0.15, 0.2) is 0 Å². The van der Waals surface area contributed by atoms with Crippen LogP contribution in [0.5, 0.6) is 0 Å². The predicted octanol–water partition coefficient (Wildman–Crippen LogP) is 1.53. The monoisotopic (exact) mass is 179 g/mol. The van der Waals surface area contributed by atoms with Gasteiger partial charge in [0.25, 0.3) is 0 Å². The average Bonchev–Trinajstić information content (AvgIpc) is 2.68. The topological polar surface area (TPSA) is 31.2 Å². The molecule has 2 heterocycles. The van der Waals surface area contributed by atoms with Gasteiger partial charge in [-0.2, -0.15) is 0 Å². The molecule has 3 nitrogen and oxygen atoms in total. The zero-order valence-electron chi connectivity index (χ0n) is 7.96. The summed E-state index contributed by atoms with van der Waals surface area (Å²) in [5.41, 5.74) is 3.02. The van der Waals surface area contributed by atoms with E-state index in [2.05, 4.69) is 4.57 Å². The molecule has 3 heteroatoms. The van der Waals surface area contributed by atoms with Crippen LogP contribution in [0.1, 0.15) is 28.2 Å². The lowest BCUT2D eigenvalue weighted by Gasteiger charge is -2.01. The molecule has 0 fully saturated rings. The number of methoxy groups -OCH3 is 1. The van der Waals surface area contributed by atoms with Gasteiger partial charge in [-0.25, -0.2) is 4.79 Å². The Labute approximate surface area is 77.3 Å². The first kappa shape index (κ1) is 8.35. The Bertz CT molecular complexity index is 352. The Morgan fingerprint density at radius 2 is 2.38 bits per heavy atom. The van der Waals surface area contributed by atoms with E-state index in [9.17, 15) is 4.79 Å².